The van der Waals surface area contributed by atoms with Gasteiger partial charge in [-0.25, -0.2) is 4.98 Å². The summed E-state index contributed by atoms with van der Waals surface area (Å²) in [6.45, 7) is 4.22. The predicted molar refractivity (Wildman–Crippen MR) is 64.9 cm³/mol. The van der Waals surface area contributed by atoms with Gasteiger partial charge in [-0.3, -0.25) is 0 Å². The summed E-state index contributed by atoms with van der Waals surface area (Å²) in [5.41, 5.74) is 7.04. The minimum atomic E-state index is -0.755. The van der Waals surface area contributed by atoms with Gasteiger partial charge >= 0.3 is 0 Å². The van der Waals surface area contributed by atoms with Gasteiger partial charge in [-0.15, -0.1) is 0 Å². The summed E-state index contributed by atoms with van der Waals surface area (Å²) in [6, 6.07) is 1.92. The Morgan fingerprint density at radius 2 is 2.06 bits per heavy atom. The highest BCUT2D eigenvalue weighted by Crippen LogP contribution is 2.42. The van der Waals surface area contributed by atoms with Gasteiger partial charge in [0.05, 0.1) is 5.60 Å². The molecule has 1 aliphatic rings. The normalized spacial score (nSPS) is 30.3. The lowest BCUT2D eigenvalue weighted by Crippen LogP contribution is -2.32. The molecule has 1 aromatic heterocycles. The van der Waals surface area contributed by atoms with E-state index in [-0.39, 0.29) is 0 Å². The lowest BCUT2D eigenvalue weighted by molar-refractivity contribution is -0.0120. The van der Waals surface area contributed by atoms with Crippen molar-refractivity contribution < 1.29 is 5.11 Å². The summed E-state index contributed by atoms with van der Waals surface area (Å²) >= 11 is 0. The first-order valence-electron chi connectivity index (χ1n) is 5.97. The molecule has 0 aromatic carbocycles. The summed E-state index contributed by atoms with van der Waals surface area (Å²) in [5.74, 6) is 1.19. The van der Waals surface area contributed by atoms with Crippen LogP contribution in [0.25, 0.3) is 0 Å². The van der Waals surface area contributed by atoms with Crippen LogP contribution in [0.3, 0.4) is 0 Å². The molecule has 16 heavy (non-hydrogen) atoms. The second-order valence-corrected chi connectivity index (χ2v) is 5.10. The number of rotatable bonds is 1. The third-order valence-corrected chi connectivity index (χ3v) is 3.76. The van der Waals surface area contributed by atoms with Crippen molar-refractivity contribution >= 4 is 5.82 Å². The number of aryl methyl sites for hydroxylation is 1. The highest BCUT2D eigenvalue weighted by molar-refractivity contribution is 5.48. The van der Waals surface area contributed by atoms with Crippen LogP contribution in [0.2, 0.25) is 0 Å². The van der Waals surface area contributed by atoms with Gasteiger partial charge in [0.15, 0.2) is 0 Å². The van der Waals surface area contributed by atoms with Gasteiger partial charge in [0.2, 0.25) is 0 Å². The molecule has 1 fully saturated rings. The maximum Gasteiger partial charge on any atom is 0.129 e. The van der Waals surface area contributed by atoms with Crippen LogP contribution in [-0.4, -0.2) is 10.1 Å². The highest BCUT2D eigenvalue weighted by atomic mass is 16.3. The number of pyridine rings is 1. The molecule has 3 nitrogen and oxygen atoms in total. The standard InChI is InChI=1S/C13H20N2O/c1-9-3-6-13(16,7-4-9)11-10(2)5-8-15-12(11)14/h5,8-9,16H,3-4,6-7H2,1-2H3,(H2,14,15). The molecule has 1 heterocycles. The Hall–Kier alpha value is -1.09. The Labute approximate surface area is 96.7 Å². The largest absolute Gasteiger partial charge is 0.385 e. The molecule has 0 aliphatic heterocycles. The Kier molecular flexibility index (Phi) is 2.89. The van der Waals surface area contributed by atoms with Crippen molar-refractivity contribution in [3.63, 3.8) is 0 Å². The monoisotopic (exact) mass is 220 g/mol. The van der Waals surface area contributed by atoms with E-state index in [1.54, 1.807) is 6.20 Å². The summed E-state index contributed by atoms with van der Waals surface area (Å²) < 4.78 is 0. The Balaban J connectivity index is 2.36. The van der Waals surface area contributed by atoms with Gasteiger partial charge in [-0.1, -0.05) is 6.92 Å². The number of nitrogen functional groups attached to an aromatic ring is 1. The van der Waals surface area contributed by atoms with Gasteiger partial charge in [-0.05, 0) is 50.2 Å². The predicted octanol–water partition coefficient (Wildman–Crippen LogP) is 2.37. The first-order chi connectivity index (χ1) is 7.53. The Morgan fingerprint density at radius 3 is 2.62 bits per heavy atom. The summed E-state index contributed by atoms with van der Waals surface area (Å²) in [5, 5.41) is 10.7. The number of aromatic nitrogens is 1. The second-order valence-electron chi connectivity index (χ2n) is 5.10. The molecule has 0 bridgehead atoms. The topological polar surface area (TPSA) is 59.1 Å². The molecule has 3 N–H and O–H groups in total. The molecule has 88 valence electrons. The fourth-order valence-electron chi connectivity index (χ4n) is 2.67. The molecular weight excluding hydrogens is 200 g/mol. The molecule has 0 unspecified atom stereocenters. The van der Waals surface area contributed by atoms with Crippen LogP contribution in [0, 0.1) is 12.8 Å². The average Bonchev–Trinajstić information content (AvgIpc) is 2.23. The zero-order valence-corrected chi connectivity index (χ0v) is 10.0. The van der Waals surface area contributed by atoms with Crippen molar-refractivity contribution in [2.75, 3.05) is 5.73 Å². The minimum absolute atomic E-state index is 0.483. The third kappa shape index (κ3) is 1.92. The maximum atomic E-state index is 10.7. The summed E-state index contributed by atoms with van der Waals surface area (Å²) in [6.07, 6.45) is 5.41. The van der Waals surface area contributed by atoms with E-state index in [9.17, 15) is 5.11 Å². The van der Waals surface area contributed by atoms with E-state index in [1.165, 1.54) is 0 Å². The third-order valence-electron chi connectivity index (χ3n) is 3.76. The lowest BCUT2D eigenvalue weighted by atomic mass is 9.75. The average molecular weight is 220 g/mol. The molecule has 0 saturated heterocycles. The molecule has 1 aromatic rings. The van der Waals surface area contributed by atoms with E-state index in [4.69, 9.17) is 5.73 Å². The Morgan fingerprint density at radius 1 is 1.44 bits per heavy atom. The fourth-order valence-corrected chi connectivity index (χ4v) is 2.67. The van der Waals surface area contributed by atoms with E-state index < -0.39 is 5.60 Å². The fraction of sp³-hybridized carbons (Fsp3) is 0.615. The summed E-state index contributed by atoms with van der Waals surface area (Å²) in [7, 11) is 0. The molecule has 1 aliphatic carbocycles. The molecule has 0 spiro atoms. The number of hydrogen-bond donors (Lipinski definition) is 2. The van der Waals surface area contributed by atoms with Crippen molar-refractivity contribution in [2.45, 2.75) is 45.1 Å². The molecule has 3 heteroatoms. The van der Waals surface area contributed by atoms with Gasteiger partial charge in [-0.2, -0.15) is 0 Å². The van der Waals surface area contributed by atoms with Crippen LogP contribution in [0.15, 0.2) is 12.3 Å². The van der Waals surface area contributed by atoms with Crippen molar-refractivity contribution in [1.29, 1.82) is 0 Å². The van der Waals surface area contributed by atoms with Crippen LogP contribution in [-0.2, 0) is 5.60 Å². The SMILES string of the molecule is Cc1ccnc(N)c1C1(O)CCC(C)CC1. The van der Waals surface area contributed by atoms with Gasteiger partial charge in [0, 0.05) is 11.8 Å². The van der Waals surface area contributed by atoms with Gasteiger partial charge < -0.3 is 10.8 Å². The molecule has 0 amide bonds. The Bertz CT molecular complexity index is 361. The smallest absolute Gasteiger partial charge is 0.129 e. The van der Waals surface area contributed by atoms with E-state index in [1.807, 2.05) is 13.0 Å². The number of nitrogens with two attached hydrogens (primary N) is 1. The minimum Gasteiger partial charge on any atom is -0.385 e. The first-order valence-corrected chi connectivity index (χ1v) is 5.97. The first kappa shape index (κ1) is 11.4. The van der Waals surface area contributed by atoms with Crippen molar-refractivity contribution in [2.24, 2.45) is 5.92 Å². The number of anilines is 1. The molecular formula is C13H20N2O. The van der Waals surface area contributed by atoms with Crippen LogP contribution in [0.1, 0.15) is 43.7 Å². The molecule has 1 saturated carbocycles. The van der Waals surface area contributed by atoms with E-state index in [0.717, 1.165) is 36.8 Å². The van der Waals surface area contributed by atoms with Gasteiger partial charge in [0.1, 0.15) is 5.82 Å². The highest BCUT2D eigenvalue weighted by Gasteiger charge is 2.36. The lowest BCUT2D eigenvalue weighted by Gasteiger charge is -2.36. The van der Waals surface area contributed by atoms with Crippen molar-refractivity contribution in [1.82, 2.24) is 4.98 Å². The zero-order valence-electron chi connectivity index (χ0n) is 10.0. The van der Waals surface area contributed by atoms with Crippen LogP contribution < -0.4 is 5.73 Å². The van der Waals surface area contributed by atoms with Crippen molar-refractivity contribution in [3.8, 4) is 0 Å². The maximum absolute atomic E-state index is 10.7. The van der Waals surface area contributed by atoms with Crippen molar-refractivity contribution in [3.05, 3.63) is 23.4 Å². The van der Waals surface area contributed by atoms with Crippen LogP contribution in [0.4, 0.5) is 5.82 Å². The summed E-state index contributed by atoms with van der Waals surface area (Å²) in [4.78, 5) is 4.10. The molecule has 0 atom stereocenters. The zero-order chi connectivity index (χ0) is 11.8. The van der Waals surface area contributed by atoms with E-state index in [0.29, 0.717) is 11.7 Å². The van der Waals surface area contributed by atoms with Crippen LogP contribution in [0.5, 0.6) is 0 Å². The van der Waals surface area contributed by atoms with E-state index >= 15 is 0 Å². The number of aliphatic hydroxyl groups is 1. The quantitative estimate of drug-likeness (QED) is 0.764. The van der Waals surface area contributed by atoms with Gasteiger partial charge in [0.25, 0.3) is 0 Å². The number of nitrogens with zero attached hydrogens (tertiary/aromatic N) is 1. The van der Waals surface area contributed by atoms with E-state index in [2.05, 4.69) is 11.9 Å². The van der Waals surface area contributed by atoms with Crippen LogP contribution >= 0.6 is 0 Å². The second kappa shape index (κ2) is 4.06. The molecule has 0 radical (unpaired) electrons. The molecule has 2 rings (SSSR count). The number of hydrogen-bond acceptors (Lipinski definition) is 3.